The summed E-state index contributed by atoms with van der Waals surface area (Å²) < 4.78 is 12.7. The number of ether oxygens (including phenoxy) is 1. The molecule has 0 aliphatic carbocycles. The van der Waals surface area contributed by atoms with Crippen LogP contribution in [0, 0.1) is 0 Å². The van der Waals surface area contributed by atoms with Crippen molar-refractivity contribution in [2.75, 3.05) is 13.2 Å². The van der Waals surface area contributed by atoms with Crippen molar-refractivity contribution in [3.63, 3.8) is 0 Å². The summed E-state index contributed by atoms with van der Waals surface area (Å²) in [4.78, 5) is 5.25. The lowest BCUT2D eigenvalue weighted by molar-refractivity contribution is 0.0867. The van der Waals surface area contributed by atoms with Crippen LogP contribution in [0.15, 0.2) is 18.8 Å². The molecular formula is C12H15Br2N3O2S. The van der Waals surface area contributed by atoms with E-state index in [4.69, 9.17) is 15.0 Å². The minimum absolute atomic E-state index is 0.359. The summed E-state index contributed by atoms with van der Waals surface area (Å²) in [5.74, 6) is 0.910. The summed E-state index contributed by atoms with van der Waals surface area (Å²) in [6.45, 7) is 4.91. The zero-order valence-corrected chi connectivity index (χ0v) is 15.1. The van der Waals surface area contributed by atoms with Gasteiger partial charge in [0, 0.05) is 11.1 Å². The number of aromatic nitrogens is 2. The molecule has 0 radical (unpaired) electrons. The maximum Gasteiger partial charge on any atom is 0.268 e. The van der Waals surface area contributed by atoms with Gasteiger partial charge in [-0.25, -0.2) is 0 Å². The number of thiophene rings is 1. The van der Waals surface area contributed by atoms with Crippen molar-refractivity contribution < 1.29 is 9.26 Å². The van der Waals surface area contributed by atoms with E-state index >= 15 is 0 Å². The molecule has 0 aliphatic heterocycles. The van der Waals surface area contributed by atoms with Crippen molar-refractivity contribution >= 4 is 43.2 Å². The monoisotopic (exact) mass is 423 g/mol. The number of nitrogens with zero attached hydrogens (tertiary/aromatic N) is 2. The summed E-state index contributed by atoms with van der Waals surface area (Å²) in [6.07, 6.45) is 0.949. The quantitative estimate of drug-likeness (QED) is 0.711. The smallest absolute Gasteiger partial charge is 0.268 e. The minimum atomic E-state index is -0.761. The van der Waals surface area contributed by atoms with Gasteiger partial charge in [0.05, 0.1) is 15.3 Å². The van der Waals surface area contributed by atoms with Gasteiger partial charge in [-0.05, 0) is 51.3 Å². The highest BCUT2D eigenvalue weighted by Crippen LogP contribution is 2.37. The highest BCUT2D eigenvalue weighted by Gasteiger charge is 2.28. The van der Waals surface area contributed by atoms with Gasteiger partial charge in [0.25, 0.3) is 5.89 Å². The van der Waals surface area contributed by atoms with Crippen molar-refractivity contribution in [3.8, 4) is 10.8 Å². The molecule has 0 aromatic carbocycles. The predicted octanol–water partition coefficient (Wildman–Crippen LogP) is 3.92. The van der Waals surface area contributed by atoms with Crippen molar-refractivity contribution in [1.29, 1.82) is 0 Å². The van der Waals surface area contributed by atoms with Gasteiger partial charge in [0.1, 0.15) is 5.54 Å². The molecule has 8 heteroatoms. The van der Waals surface area contributed by atoms with E-state index in [1.165, 1.54) is 11.3 Å². The normalized spacial score (nSPS) is 14.4. The zero-order chi connectivity index (χ0) is 14.8. The largest absolute Gasteiger partial charge is 0.379 e. The van der Waals surface area contributed by atoms with Gasteiger partial charge in [-0.2, -0.15) is 4.98 Å². The third-order valence-electron chi connectivity index (χ3n) is 2.54. The Kier molecular flexibility index (Phi) is 5.36. The standard InChI is InChI=1S/C12H15Br2N3O2S/c1-3-4-18-6-12(2,15)11-16-10(19-17-11)8-5-7(13)9(14)20-8/h5H,3-4,6,15H2,1-2H3. The maximum absolute atomic E-state index is 6.18. The molecule has 0 spiro atoms. The molecule has 110 valence electrons. The second kappa shape index (κ2) is 6.65. The summed E-state index contributed by atoms with van der Waals surface area (Å²) in [5, 5.41) is 3.97. The van der Waals surface area contributed by atoms with Crippen LogP contribution >= 0.6 is 43.2 Å². The SMILES string of the molecule is CCCOCC(C)(N)c1noc(-c2cc(Br)c(Br)s2)n1. The van der Waals surface area contributed by atoms with Crippen LogP contribution in [0.1, 0.15) is 26.1 Å². The van der Waals surface area contributed by atoms with Gasteiger partial charge in [0.2, 0.25) is 0 Å². The lowest BCUT2D eigenvalue weighted by Crippen LogP contribution is -2.39. The molecule has 5 nitrogen and oxygen atoms in total. The van der Waals surface area contributed by atoms with E-state index < -0.39 is 5.54 Å². The van der Waals surface area contributed by atoms with Crippen molar-refractivity contribution in [2.45, 2.75) is 25.8 Å². The molecule has 0 saturated heterocycles. The number of rotatable bonds is 6. The first-order valence-electron chi connectivity index (χ1n) is 6.10. The lowest BCUT2D eigenvalue weighted by Gasteiger charge is -2.19. The van der Waals surface area contributed by atoms with Crippen molar-refractivity contribution in [2.24, 2.45) is 5.73 Å². The Bertz CT molecular complexity index is 564. The fraction of sp³-hybridized carbons (Fsp3) is 0.500. The molecule has 1 unspecified atom stereocenters. The fourth-order valence-corrected chi connectivity index (χ4v) is 3.46. The first-order chi connectivity index (χ1) is 9.44. The Morgan fingerprint density at radius 1 is 1.50 bits per heavy atom. The molecule has 0 aliphatic rings. The molecule has 2 rings (SSSR count). The summed E-state index contributed by atoms with van der Waals surface area (Å²) >= 11 is 8.38. The highest BCUT2D eigenvalue weighted by molar-refractivity contribution is 9.13. The maximum atomic E-state index is 6.18. The van der Waals surface area contributed by atoms with E-state index in [-0.39, 0.29) is 0 Å². The van der Waals surface area contributed by atoms with Gasteiger partial charge >= 0.3 is 0 Å². The van der Waals surface area contributed by atoms with Gasteiger partial charge in [-0.15, -0.1) is 11.3 Å². The topological polar surface area (TPSA) is 74.2 Å². The van der Waals surface area contributed by atoms with Gasteiger partial charge in [-0.1, -0.05) is 12.1 Å². The van der Waals surface area contributed by atoms with Gasteiger partial charge < -0.3 is 15.0 Å². The van der Waals surface area contributed by atoms with Crippen molar-refractivity contribution in [1.82, 2.24) is 10.1 Å². The minimum Gasteiger partial charge on any atom is -0.379 e. The van der Waals surface area contributed by atoms with E-state index in [0.717, 1.165) is 19.6 Å². The Morgan fingerprint density at radius 3 is 2.85 bits per heavy atom. The predicted molar refractivity (Wildman–Crippen MR) is 85.7 cm³/mol. The Balaban J connectivity index is 2.15. The molecule has 0 fully saturated rings. The van der Waals surface area contributed by atoms with Crippen LogP contribution in [0.25, 0.3) is 10.8 Å². The third-order valence-corrected chi connectivity index (χ3v) is 5.79. The van der Waals surface area contributed by atoms with Gasteiger partial charge in [0.15, 0.2) is 5.82 Å². The second-order valence-corrected chi connectivity index (χ2v) is 7.85. The first-order valence-corrected chi connectivity index (χ1v) is 8.50. The summed E-state index contributed by atoms with van der Waals surface area (Å²) in [5.41, 5.74) is 5.42. The van der Waals surface area contributed by atoms with E-state index in [1.807, 2.05) is 19.9 Å². The van der Waals surface area contributed by atoms with Crippen LogP contribution in [-0.4, -0.2) is 23.4 Å². The summed E-state index contributed by atoms with van der Waals surface area (Å²) in [7, 11) is 0. The number of hydrogen-bond donors (Lipinski definition) is 1. The number of nitrogens with two attached hydrogens (primary N) is 1. The van der Waals surface area contributed by atoms with Gasteiger partial charge in [-0.3, -0.25) is 0 Å². The molecule has 1 atom stereocenters. The average molecular weight is 425 g/mol. The van der Waals surface area contributed by atoms with Crippen LogP contribution in [0.2, 0.25) is 0 Å². The third kappa shape index (κ3) is 3.67. The van der Waals surface area contributed by atoms with Crippen LogP contribution in [0.4, 0.5) is 0 Å². The number of hydrogen-bond acceptors (Lipinski definition) is 6. The van der Waals surface area contributed by atoms with Crippen molar-refractivity contribution in [3.05, 3.63) is 20.1 Å². The Hall–Kier alpha value is -0.280. The molecule has 2 N–H and O–H groups in total. The molecular weight excluding hydrogens is 410 g/mol. The van der Waals surface area contributed by atoms with E-state index in [1.54, 1.807) is 0 Å². The molecule has 20 heavy (non-hydrogen) atoms. The molecule has 0 bridgehead atoms. The van der Waals surface area contributed by atoms with Crippen LogP contribution in [-0.2, 0) is 10.3 Å². The molecule has 2 aromatic heterocycles. The molecule has 0 saturated carbocycles. The summed E-state index contributed by atoms with van der Waals surface area (Å²) in [6, 6.07) is 1.92. The number of halogens is 2. The Labute approximate surface area is 138 Å². The second-order valence-electron chi connectivity index (χ2n) is 4.63. The lowest BCUT2D eigenvalue weighted by atomic mass is 10.1. The van der Waals surface area contributed by atoms with Crippen LogP contribution in [0.5, 0.6) is 0 Å². The van der Waals surface area contributed by atoms with E-state index in [0.29, 0.717) is 24.9 Å². The first kappa shape index (κ1) is 16.1. The van der Waals surface area contributed by atoms with E-state index in [9.17, 15) is 0 Å². The molecule has 0 amide bonds. The van der Waals surface area contributed by atoms with Crippen LogP contribution in [0.3, 0.4) is 0 Å². The highest BCUT2D eigenvalue weighted by atomic mass is 79.9. The average Bonchev–Trinajstić information content (AvgIpc) is 2.98. The molecule has 2 aromatic rings. The fourth-order valence-electron chi connectivity index (χ4n) is 1.50. The van der Waals surface area contributed by atoms with Crippen LogP contribution < -0.4 is 5.73 Å². The Morgan fingerprint density at radius 2 is 2.25 bits per heavy atom. The zero-order valence-electron chi connectivity index (χ0n) is 11.2. The van der Waals surface area contributed by atoms with E-state index in [2.05, 4.69) is 42.0 Å². The molecule has 2 heterocycles.